The molecule has 1 aromatic heterocycles. The molecule has 1 N–H and O–H groups in total. The second kappa shape index (κ2) is 6.69. The number of carbonyl (C=O) groups is 1. The average molecular weight is 268 g/mol. The van der Waals surface area contributed by atoms with Crippen LogP contribution in [0.5, 0.6) is 0 Å². The molecule has 4 nitrogen and oxygen atoms in total. The van der Waals surface area contributed by atoms with Crippen molar-refractivity contribution in [3.63, 3.8) is 0 Å². The Morgan fingerprint density at radius 2 is 1.94 bits per heavy atom. The van der Waals surface area contributed by atoms with Gasteiger partial charge in [-0.15, -0.1) is 10.2 Å². The molecule has 0 radical (unpaired) electrons. The van der Waals surface area contributed by atoms with E-state index in [0.717, 1.165) is 0 Å². The van der Waals surface area contributed by atoms with Crippen molar-refractivity contribution < 1.29 is 4.79 Å². The topological polar surface area (TPSA) is 54.9 Å². The molecule has 0 unspecified atom stereocenters. The van der Waals surface area contributed by atoms with E-state index in [0.29, 0.717) is 23.3 Å². The van der Waals surface area contributed by atoms with E-state index in [1.165, 1.54) is 38.5 Å². The predicted octanol–water partition coefficient (Wildman–Crippen LogP) is 3.43. The molecule has 1 aliphatic rings. The van der Waals surface area contributed by atoms with Gasteiger partial charge in [0, 0.05) is 6.42 Å². The van der Waals surface area contributed by atoms with Crippen molar-refractivity contribution in [3.05, 3.63) is 17.3 Å². The quantitative estimate of drug-likeness (QED) is 0.854. The number of hydrogen-bond donors (Lipinski definition) is 1. The molecule has 1 saturated carbocycles. The first-order chi connectivity index (χ1) is 8.74. The lowest BCUT2D eigenvalue weighted by atomic mass is 9.96. The Labute approximate surface area is 112 Å². The summed E-state index contributed by atoms with van der Waals surface area (Å²) in [5.41, 5.74) is 0. The van der Waals surface area contributed by atoms with Crippen molar-refractivity contribution in [2.24, 2.45) is 5.92 Å². The highest BCUT2D eigenvalue weighted by atomic mass is 35.5. The van der Waals surface area contributed by atoms with Gasteiger partial charge in [0.15, 0.2) is 11.0 Å². The number of anilines is 1. The van der Waals surface area contributed by atoms with Crippen molar-refractivity contribution in [1.82, 2.24) is 10.2 Å². The van der Waals surface area contributed by atoms with Gasteiger partial charge in [-0.3, -0.25) is 4.79 Å². The number of halogens is 1. The predicted molar refractivity (Wildman–Crippen MR) is 71.5 cm³/mol. The van der Waals surface area contributed by atoms with Crippen molar-refractivity contribution in [1.29, 1.82) is 0 Å². The van der Waals surface area contributed by atoms with Crippen LogP contribution in [0.3, 0.4) is 0 Å². The van der Waals surface area contributed by atoms with Gasteiger partial charge in [-0.25, -0.2) is 0 Å². The summed E-state index contributed by atoms with van der Waals surface area (Å²) in [6.07, 6.45) is 8.03. The van der Waals surface area contributed by atoms with Crippen LogP contribution in [0, 0.1) is 5.92 Å². The largest absolute Gasteiger partial charge is 0.309 e. The molecular weight excluding hydrogens is 250 g/mol. The van der Waals surface area contributed by atoms with E-state index in [4.69, 9.17) is 11.6 Å². The Bertz CT molecular complexity index is 386. The molecule has 1 amide bonds. The molecule has 18 heavy (non-hydrogen) atoms. The summed E-state index contributed by atoms with van der Waals surface area (Å²) in [5, 5.41) is 10.6. The molecule has 1 heterocycles. The van der Waals surface area contributed by atoms with Crippen molar-refractivity contribution in [2.45, 2.75) is 44.9 Å². The third-order valence-corrected chi connectivity index (χ3v) is 3.55. The zero-order valence-electron chi connectivity index (χ0n) is 10.4. The lowest BCUT2D eigenvalue weighted by Gasteiger charge is -2.12. The molecule has 1 fully saturated rings. The van der Waals surface area contributed by atoms with Crippen molar-refractivity contribution in [3.8, 4) is 0 Å². The highest BCUT2D eigenvalue weighted by Crippen LogP contribution is 2.25. The number of hydrogen-bond acceptors (Lipinski definition) is 3. The fourth-order valence-corrected chi connectivity index (χ4v) is 2.51. The van der Waals surface area contributed by atoms with Crippen LogP contribution in [0.4, 0.5) is 5.82 Å². The number of rotatable bonds is 3. The zero-order chi connectivity index (χ0) is 12.8. The monoisotopic (exact) mass is 267 g/mol. The summed E-state index contributed by atoms with van der Waals surface area (Å²) in [5.74, 6) is 1.02. The Morgan fingerprint density at radius 1 is 1.22 bits per heavy atom. The van der Waals surface area contributed by atoms with Gasteiger partial charge in [0.25, 0.3) is 0 Å². The molecule has 0 bridgehead atoms. The first-order valence-electron chi connectivity index (χ1n) is 6.53. The van der Waals surface area contributed by atoms with Gasteiger partial charge < -0.3 is 5.32 Å². The van der Waals surface area contributed by atoms with E-state index >= 15 is 0 Å². The molecule has 98 valence electrons. The van der Waals surface area contributed by atoms with Gasteiger partial charge in [-0.2, -0.15) is 0 Å². The maximum absolute atomic E-state index is 11.9. The number of aromatic nitrogens is 2. The lowest BCUT2D eigenvalue weighted by Crippen LogP contribution is -2.17. The summed E-state index contributed by atoms with van der Waals surface area (Å²) in [6, 6.07) is 3.29. The third kappa shape index (κ3) is 4.26. The second-order valence-corrected chi connectivity index (χ2v) is 5.24. The molecule has 0 spiro atoms. The Balaban J connectivity index is 1.82. The van der Waals surface area contributed by atoms with E-state index in [1.54, 1.807) is 12.1 Å². The van der Waals surface area contributed by atoms with Crippen LogP contribution in [0.15, 0.2) is 12.1 Å². The third-order valence-electron chi connectivity index (χ3n) is 3.35. The minimum atomic E-state index is 0.0264. The first kappa shape index (κ1) is 13.3. The summed E-state index contributed by atoms with van der Waals surface area (Å²) in [6.45, 7) is 0. The van der Waals surface area contributed by atoms with E-state index in [1.807, 2.05) is 0 Å². The van der Waals surface area contributed by atoms with Gasteiger partial charge in [-0.05, 0) is 30.9 Å². The van der Waals surface area contributed by atoms with Crippen LogP contribution in [-0.2, 0) is 4.79 Å². The molecule has 1 aromatic rings. The van der Waals surface area contributed by atoms with Crippen LogP contribution in [-0.4, -0.2) is 16.1 Å². The number of nitrogens with zero attached hydrogens (tertiary/aromatic N) is 2. The number of carbonyl (C=O) groups excluding carboxylic acids is 1. The minimum absolute atomic E-state index is 0.0264. The molecule has 1 aliphatic carbocycles. The van der Waals surface area contributed by atoms with E-state index in [-0.39, 0.29) is 5.91 Å². The fraction of sp³-hybridized carbons (Fsp3) is 0.615. The molecule has 0 atom stereocenters. The van der Waals surface area contributed by atoms with E-state index in [9.17, 15) is 4.79 Å². The smallest absolute Gasteiger partial charge is 0.225 e. The number of amides is 1. The van der Waals surface area contributed by atoms with Gasteiger partial charge in [0.05, 0.1) is 0 Å². The summed E-state index contributed by atoms with van der Waals surface area (Å²) in [4.78, 5) is 11.9. The highest BCUT2D eigenvalue weighted by Gasteiger charge is 2.16. The molecular formula is C13H18ClN3O. The highest BCUT2D eigenvalue weighted by molar-refractivity contribution is 6.29. The van der Waals surface area contributed by atoms with Gasteiger partial charge in [-0.1, -0.05) is 37.3 Å². The molecule has 0 saturated heterocycles. The van der Waals surface area contributed by atoms with Crippen molar-refractivity contribution in [2.75, 3.05) is 5.32 Å². The summed E-state index contributed by atoms with van der Waals surface area (Å²) >= 11 is 5.64. The molecule has 0 aromatic carbocycles. The van der Waals surface area contributed by atoms with Crippen LogP contribution in [0.1, 0.15) is 44.9 Å². The van der Waals surface area contributed by atoms with Crippen LogP contribution < -0.4 is 5.32 Å². The van der Waals surface area contributed by atoms with Crippen LogP contribution in [0.25, 0.3) is 0 Å². The standard InChI is InChI=1S/C13H18ClN3O/c14-11-7-8-12(17-16-11)15-13(18)9-10-5-3-1-2-4-6-10/h7-8,10H,1-6,9H2,(H,15,17,18). The summed E-state index contributed by atoms with van der Waals surface area (Å²) in [7, 11) is 0. The van der Waals surface area contributed by atoms with Gasteiger partial charge >= 0.3 is 0 Å². The summed E-state index contributed by atoms with van der Waals surface area (Å²) < 4.78 is 0. The normalized spacial score (nSPS) is 17.2. The van der Waals surface area contributed by atoms with E-state index < -0.39 is 0 Å². The zero-order valence-corrected chi connectivity index (χ0v) is 11.1. The average Bonchev–Trinajstić information content (AvgIpc) is 2.61. The molecule has 2 rings (SSSR count). The maximum atomic E-state index is 11.9. The lowest BCUT2D eigenvalue weighted by molar-refractivity contribution is -0.117. The molecule has 0 aliphatic heterocycles. The number of nitrogens with one attached hydrogen (secondary N) is 1. The van der Waals surface area contributed by atoms with Gasteiger partial charge in [0.2, 0.25) is 5.91 Å². The minimum Gasteiger partial charge on any atom is -0.309 e. The Kier molecular flexibility index (Phi) is 4.93. The van der Waals surface area contributed by atoms with Gasteiger partial charge in [0.1, 0.15) is 0 Å². The Hall–Kier alpha value is -1.16. The maximum Gasteiger partial charge on any atom is 0.225 e. The van der Waals surface area contributed by atoms with Crippen LogP contribution >= 0.6 is 11.6 Å². The first-order valence-corrected chi connectivity index (χ1v) is 6.91. The molecule has 5 heteroatoms. The van der Waals surface area contributed by atoms with Crippen molar-refractivity contribution >= 4 is 23.3 Å². The Morgan fingerprint density at radius 3 is 2.56 bits per heavy atom. The fourth-order valence-electron chi connectivity index (χ4n) is 2.41. The second-order valence-electron chi connectivity index (χ2n) is 4.85. The van der Waals surface area contributed by atoms with Crippen LogP contribution in [0.2, 0.25) is 5.15 Å². The SMILES string of the molecule is O=C(CC1CCCCCC1)Nc1ccc(Cl)nn1. The van der Waals surface area contributed by atoms with E-state index in [2.05, 4.69) is 15.5 Å².